The first-order valence-electron chi connectivity index (χ1n) is 13.5. The van der Waals surface area contributed by atoms with Gasteiger partial charge in [-0.3, -0.25) is 10.2 Å². The molecule has 2 bridgehead atoms. The molecule has 3 aromatic rings. The van der Waals surface area contributed by atoms with Crippen molar-refractivity contribution in [1.82, 2.24) is 9.55 Å². The molecule has 8 heteroatoms. The van der Waals surface area contributed by atoms with Gasteiger partial charge in [-0.2, -0.15) is 0 Å². The second-order valence-corrected chi connectivity index (χ2v) is 13.3. The molecule has 2 N–H and O–H groups in total. The van der Waals surface area contributed by atoms with Crippen molar-refractivity contribution in [3.05, 3.63) is 38.8 Å². The molecule has 3 unspecified atom stereocenters. The summed E-state index contributed by atoms with van der Waals surface area (Å²) in [4.78, 5) is 35.9. The molecule has 0 amide bonds. The van der Waals surface area contributed by atoms with Gasteiger partial charge in [0.15, 0.2) is 0 Å². The first-order chi connectivity index (χ1) is 17.8. The van der Waals surface area contributed by atoms with E-state index in [4.69, 9.17) is 10.1 Å². The number of fused-ring (bicyclic) bond motifs is 3. The minimum absolute atomic E-state index is 0.157. The van der Waals surface area contributed by atoms with Crippen molar-refractivity contribution in [2.24, 2.45) is 16.8 Å². The van der Waals surface area contributed by atoms with Crippen molar-refractivity contribution in [3.8, 4) is 11.3 Å². The van der Waals surface area contributed by atoms with Gasteiger partial charge in [0.25, 0.3) is 0 Å². The lowest BCUT2D eigenvalue weighted by Gasteiger charge is -2.23. The molecule has 2 fully saturated rings. The summed E-state index contributed by atoms with van der Waals surface area (Å²) in [6.45, 7) is 16.2. The number of aromatic nitrogens is 2. The summed E-state index contributed by atoms with van der Waals surface area (Å²) < 4.78 is 7.78. The third-order valence-electron chi connectivity index (χ3n) is 8.34. The first-order valence-corrected chi connectivity index (χ1v) is 14.3. The van der Waals surface area contributed by atoms with Crippen LogP contribution in [0.2, 0.25) is 0 Å². The maximum Gasteiger partial charge on any atom is 0.420 e. The van der Waals surface area contributed by atoms with Gasteiger partial charge in [0.1, 0.15) is 28.0 Å². The number of rotatable bonds is 4. The fourth-order valence-corrected chi connectivity index (χ4v) is 8.06. The second-order valence-electron chi connectivity index (χ2n) is 12.3. The Kier molecular flexibility index (Phi) is 6.53. The zero-order chi connectivity index (χ0) is 27.7. The number of ketones is 1. The molecule has 0 saturated heterocycles. The van der Waals surface area contributed by atoms with Gasteiger partial charge in [-0.1, -0.05) is 13.8 Å². The minimum atomic E-state index is -0.646. The third-order valence-corrected chi connectivity index (χ3v) is 9.75. The summed E-state index contributed by atoms with van der Waals surface area (Å²) in [6.07, 6.45) is 5.16. The van der Waals surface area contributed by atoms with Gasteiger partial charge in [0.05, 0.1) is 5.69 Å². The number of ether oxygens (including phenoxy) is 1. The lowest BCUT2D eigenvalue weighted by atomic mass is 9.85. The van der Waals surface area contributed by atoms with Crippen LogP contribution in [0.3, 0.4) is 0 Å². The third kappa shape index (κ3) is 4.17. The molecule has 2 saturated carbocycles. The topological polar surface area (TPSA) is 100 Å². The first kappa shape index (κ1) is 26.6. The van der Waals surface area contributed by atoms with Crippen molar-refractivity contribution >= 4 is 39.8 Å². The molecule has 2 aliphatic rings. The Bertz CT molecular complexity index is 1550. The summed E-state index contributed by atoms with van der Waals surface area (Å²) in [5, 5.41) is 8.54. The van der Waals surface area contributed by atoms with Gasteiger partial charge in [0.2, 0.25) is 0 Å². The minimum Gasteiger partial charge on any atom is -0.443 e. The zero-order valence-electron chi connectivity index (χ0n) is 23.6. The number of H-pyrrole nitrogens is 1. The van der Waals surface area contributed by atoms with Crippen molar-refractivity contribution in [1.29, 1.82) is 5.41 Å². The number of aromatic amines is 1. The standard InChI is InChI=1S/C30H38N4O3S/c1-14(2)23-24-17(5)26(20-10-19-9-18(20)11-22(19)35)38-28(24)34(29(36)37-30(6,7)8)25(23)21-12-32-27(33-13-31)16(4)15(21)3/h12-14,18-20H,9-11H2,1-8H3,(H2,31,32,33). The quantitative estimate of drug-likeness (QED) is 0.275. The normalized spacial score (nSPS) is 21.8. The van der Waals surface area contributed by atoms with Crippen molar-refractivity contribution in [3.63, 3.8) is 0 Å². The maximum atomic E-state index is 13.9. The summed E-state index contributed by atoms with van der Waals surface area (Å²) in [7, 11) is 0. The fourth-order valence-electron chi connectivity index (χ4n) is 6.53. The van der Waals surface area contributed by atoms with Crippen LogP contribution in [0.5, 0.6) is 0 Å². The lowest BCUT2D eigenvalue weighted by molar-refractivity contribution is -0.121. The molecule has 0 aliphatic heterocycles. The molecule has 3 atom stereocenters. The summed E-state index contributed by atoms with van der Waals surface area (Å²) in [5.74, 6) is 1.57. The number of aryl methyl sites for hydroxylation is 1. The van der Waals surface area contributed by atoms with Gasteiger partial charge in [-0.05, 0) is 94.4 Å². The predicted molar refractivity (Wildman–Crippen MR) is 152 cm³/mol. The molecular weight excluding hydrogens is 496 g/mol. The van der Waals surface area contributed by atoms with Crippen LogP contribution in [0, 0.1) is 38.0 Å². The Morgan fingerprint density at radius 1 is 1.21 bits per heavy atom. The van der Waals surface area contributed by atoms with Crippen LogP contribution < -0.4 is 5.49 Å². The summed E-state index contributed by atoms with van der Waals surface area (Å²) in [5.41, 5.74) is 6.08. The zero-order valence-corrected chi connectivity index (χ0v) is 24.4. The number of carbonyl (C=O) groups is 2. The molecule has 38 heavy (non-hydrogen) atoms. The monoisotopic (exact) mass is 534 g/mol. The summed E-state index contributed by atoms with van der Waals surface area (Å²) in [6, 6.07) is 0. The SMILES string of the molecule is Cc1c(-c2c(C(C)C)c3c(C)c(C4CC5CC4CC5=O)sc3n2C(=O)OC(C)(C)C)c[nH]/c(=N\C=N)c1C. The van der Waals surface area contributed by atoms with Gasteiger partial charge < -0.3 is 9.72 Å². The van der Waals surface area contributed by atoms with Gasteiger partial charge in [0, 0.05) is 34.4 Å². The van der Waals surface area contributed by atoms with E-state index < -0.39 is 5.60 Å². The highest BCUT2D eigenvalue weighted by molar-refractivity contribution is 7.19. The van der Waals surface area contributed by atoms with Crippen molar-refractivity contribution in [2.75, 3.05) is 0 Å². The molecule has 7 nitrogen and oxygen atoms in total. The number of nitrogens with one attached hydrogen (secondary N) is 2. The Morgan fingerprint density at radius 2 is 1.92 bits per heavy atom. The molecule has 3 aromatic heterocycles. The van der Waals surface area contributed by atoms with Crippen LogP contribution >= 0.6 is 11.3 Å². The maximum absolute atomic E-state index is 13.9. The van der Waals surface area contributed by atoms with Crippen molar-refractivity contribution in [2.45, 2.75) is 92.1 Å². The molecule has 202 valence electrons. The molecular formula is C30H38N4O3S. The Labute approximate surface area is 227 Å². The predicted octanol–water partition coefficient (Wildman–Crippen LogP) is 7.12. The highest BCUT2D eigenvalue weighted by Crippen LogP contribution is 2.56. The van der Waals surface area contributed by atoms with Crippen LogP contribution in [0.1, 0.15) is 92.8 Å². The molecule has 0 radical (unpaired) electrons. The van der Waals surface area contributed by atoms with Gasteiger partial charge in [-0.25, -0.2) is 14.4 Å². The van der Waals surface area contributed by atoms with Crippen LogP contribution in [0.15, 0.2) is 11.2 Å². The number of hydrogen-bond acceptors (Lipinski definition) is 5. The number of thiophene rings is 1. The average molecular weight is 535 g/mol. The Hall–Kier alpha value is -3.00. The van der Waals surface area contributed by atoms with Crippen LogP contribution in [0.25, 0.3) is 21.5 Å². The van der Waals surface area contributed by atoms with Crippen LogP contribution in [-0.2, 0) is 9.53 Å². The highest BCUT2D eigenvalue weighted by Gasteiger charge is 2.47. The molecule has 0 spiro atoms. The fraction of sp³-hybridized carbons (Fsp3) is 0.533. The average Bonchev–Trinajstić information content (AvgIpc) is 3.55. The summed E-state index contributed by atoms with van der Waals surface area (Å²) >= 11 is 1.70. The number of carbonyl (C=O) groups excluding carboxylic acids is 2. The smallest absolute Gasteiger partial charge is 0.420 e. The lowest BCUT2D eigenvalue weighted by Crippen LogP contribution is -2.27. The Morgan fingerprint density at radius 3 is 2.47 bits per heavy atom. The molecule has 0 aromatic carbocycles. The van der Waals surface area contributed by atoms with E-state index in [1.165, 1.54) is 10.4 Å². The number of hydrogen-bond donors (Lipinski definition) is 2. The molecule has 5 rings (SSSR count). The Balaban J connectivity index is 1.81. The van der Waals surface area contributed by atoms with E-state index in [0.717, 1.165) is 57.3 Å². The largest absolute Gasteiger partial charge is 0.443 e. The second kappa shape index (κ2) is 9.33. The number of nitrogens with zero attached hydrogens (tertiary/aromatic N) is 2. The number of Topliss-reactive ketones (excluding diaryl/α,β-unsaturated/α-hetero) is 1. The van der Waals surface area contributed by atoms with E-state index in [1.54, 1.807) is 15.9 Å². The van der Waals surface area contributed by atoms with Gasteiger partial charge >= 0.3 is 6.09 Å². The van der Waals surface area contributed by atoms with Crippen LogP contribution in [0.4, 0.5) is 4.79 Å². The van der Waals surface area contributed by atoms with E-state index in [-0.39, 0.29) is 17.9 Å². The number of pyridine rings is 1. The van der Waals surface area contributed by atoms with Gasteiger partial charge in [-0.15, -0.1) is 11.3 Å². The highest BCUT2D eigenvalue weighted by atomic mass is 32.1. The van der Waals surface area contributed by atoms with Crippen LogP contribution in [-0.4, -0.2) is 33.4 Å². The van der Waals surface area contributed by atoms with E-state index in [9.17, 15) is 9.59 Å². The molecule has 3 heterocycles. The van der Waals surface area contributed by atoms with E-state index in [2.05, 4.69) is 30.7 Å². The van der Waals surface area contributed by atoms with E-state index in [0.29, 0.717) is 29.5 Å². The van der Waals surface area contributed by atoms with E-state index >= 15 is 0 Å². The van der Waals surface area contributed by atoms with Crippen molar-refractivity contribution < 1.29 is 14.3 Å². The molecule has 2 aliphatic carbocycles. The van der Waals surface area contributed by atoms with E-state index in [1.807, 2.05) is 40.8 Å².